The zero-order valence-electron chi connectivity index (χ0n) is 9.73. The van der Waals surface area contributed by atoms with E-state index in [1.165, 1.54) is 12.8 Å². The summed E-state index contributed by atoms with van der Waals surface area (Å²) in [5.74, 6) is 2.45. The van der Waals surface area contributed by atoms with Crippen LogP contribution in [0.3, 0.4) is 0 Å². The van der Waals surface area contributed by atoms with Crippen LogP contribution < -0.4 is 10.2 Å². The molecule has 88 valence electrons. The monoisotopic (exact) mass is 239 g/mol. The van der Waals surface area contributed by atoms with Crippen LogP contribution in [-0.4, -0.2) is 40.8 Å². The summed E-state index contributed by atoms with van der Waals surface area (Å²) in [4.78, 5) is 15.4. The molecule has 2 heterocycles. The molecule has 1 N–H and O–H groups in total. The molecular formula is C10H17N5S. The number of aromatic nitrogens is 3. The predicted molar refractivity (Wildman–Crippen MR) is 67.2 cm³/mol. The van der Waals surface area contributed by atoms with Crippen LogP contribution in [0.4, 0.5) is 11.9 Å². The summed E-state index contributed by atoms with van der Waals surface area (Å²) in [5, 5.41) is 3.80. The molecule has 0 saturated carbocycles. The maximum absolute atomic E-state index is 4.48. The lowest BCUT2D eigenvalue weighted by Gasteiger charge is -2.15. The van der Waals surface area contributed by atoms with Crippen LogP contribution in [0.5, 0.6) is 0 Å². The van der Waals surface area contributed by atoms with Crippen molar-refractivity contribution in [3.8, 4) is 0 Å². The fourth-order valence-electron chi connectivity index (χ4n) is 1.71. The van der Waals surface area contributed by atoms with Crippen molar-refractivity contribution >= 4 is 23.7 Å². The molecule has 0 amide bonds. The summed E-state index contributed by atoms with van der Waals surface area (Å²) < 4.78 is 0. The van der Waals surface area contributed by atoms with E-state index in [0.717, 1.165) is 29.9 Å². The zero-order valence-corrected chi connectivity index (χ0v) is 10.5. The lowest BCUT2D eigenvalue weighted by atomic mass is 10.4. The summed E-state index contributed by atoms with van der Waals surface area (Å²) in [6.07, 6.45) is 2.47. The second kappa shape index (κ2) is 5.34. The molecule has 1 aromatic rings. The van der Waals surface area contributed by atoms with Gasteiger partial charge in [0.1, 0.15) is 0 Å². The Kier molecular flexibility index (Phi) is 3.82. The zero-order chi connectivity index (χ0) is 11.4. The molecule has 0 atom stereocenters. The Morgan fingerprint density at radius 1 is 1.25 bits per heavy atom. The number of hydrogen-bond donors (Lipinski definition) is 1. The van der Waals surface area contributed by atoms with Crippen LogP contribution >= 0.6 is 11.8 Å². The quantitative estimate of drug-likeness (QED) is 0.806. The van der Waals surface area contributed by atoms with Gasteiger partial charge in [0.2, 0.25) is 11.9 Å². The normalized spacial score (nSPS) is 15.5. The third kappa shape index (κ3) is 2.55. The van der Waals surface area contributed by atoms with E-state index < -0.39 is 0 Å². The van der Waals surface area contributed by atoms with Gasteiger partial charge in [0, 0.05) is 20.1 Å². The second-order valence-corrected chi connectivity index (χ2v) is 4.85. The first-order valence-corrected chi connectivity index (χ1v) is 6.63. The van der Waals surface area contributed by atoms with Gasteiger partial charge in [0.15, 0.2) is 5.16 Å². The van der Waals surface area contributed by atoms with Crippen molar-refractivity contribution in [2.75, 3.05) is 36.1 Å². The molecule has 0 aromatic carbocycles. The highest BCUT2D eigenvalue weighted by molar-refractivity contribution is 7.99. The molecular weight excluding hydrogens is 222 g/mol. The van der Waals surface area contributed by atoms with Crippen LogP contribution in [0.15, 0.2) is 5.16 Å². The van der Waals surface area contributed by atoms with Crippen molar-refractivity contribution in [2.45, 2.75) is 24.9 Å². The largest absolute Gasteiger partial charge is 0.357 e. The number of hydrogen-bond acceptors (Lipinski definition) is 6. The summed E-state index contributed by atoms with van der Waals surface area (Å²) in [5.41, 5.74) is 0. The lowest BCUT2D eigenvalue weighted by molar-refractivity contribution is 0.830. The van der Waals surface area contributed by atoms with E-state index in [4.69, 9.17) is 0 Å². The highest BCUT2D eigenvalue weighted by Crippen LogP contribution is 2.20. The highest BCUT2D eigenvalue weighted by Gasteiger charge is 2.16. The van der Waals surface area contributed by atoms with Gasteiger partial charge in [0.05, 0.1) is 0 Å². The first-order chi connectivity index (χ1) is 7.83. The average molecular weight is 239 g/mol. The van der Waals surface area contributed by atoms with Gasteiger partial charge in [-0.15, -0.1) is 0 Å². The minimum absolute atomic E-state index is 0.660. The van der Waals surface area contributed by atoms with Crippen molar-refractivity contribution < 1.29 is 0 Å². The van der Waals surface area contributed by atoms with Crippen LogP contribution in [0.25, 0.3) is 0 Å². The molecule has 0 unspecified atom stereocenters. The minimum atomic E-state index is 0.660. The molecule has 0 spiro atoms. The number of nitrogens with one attached hydrogen (secondary N) is 1. The van der Waals surface area contributed by atoms with Gasteiger partial charge in [-0.25, -0.2) is 0 Å². The summed E-state index contributed by atoms with van der Waals surface area (Å²) in [6, 6.07) is 0. The average Bonchev–Trinajstić information content (AvgIpc) is 2.82. The SMILES string of the molecule is CCSc1nc(NC)nc(N2CCCC2)n1. The van der Waals surface area contributed by atoms with Crippen molar-refractivity contribution in [2.24, 2.45) is 0 Å². The van der Waals surface area contributed by atoms with Crippen LogP contribution in [0.2, 0.25) is 0 Å². The van der Waals surface area contributed by atoms with Gasteiger partial charge in [-0.3, -0.25) is 0 Å². The van der Waals surface area contributed by atoms with Gasteiger partial charge >= 0.3 is 0 Å². The second-order valence-electron chi connectivity index (χ2n) is 3.62. The Morgan fingerprint density at radius 2 is 2.00 bits per heavy atom. The molecule has 1 aromatic heterocycles. The maximum atomic E-state index is 4.48. The molecule has 0 radical (unpaired) electrons. The number of rotatable bonds is 4. The number of anilines is 2. The van der Waals surface area contributed by atoms with E-state index in [-0.39, 0.29) is 0 Å². The molecule has 0 bridgehead atoms. The Hall–Kier alpha value is -1.04. The van der Waals surface area contributed by atoms with Crippen LogP contribution in [-0.2, 0) is 0 Å². The smallest absolute Gasteiger partial charge is 0.231 e. The van der Waals surface area contributed by atoms with Crippen LogP contribution in [0.1, 0.15) is 19.8 Å². The molecule has 0 aliphatic carbocycles. The third-order valence-electron chi connectivity index (χ3n) is 2.49. The molecule has 1 saturated heterocycles. The Labute approximate surface area is 100 Å². The van der Waals surface area contributed by atoms with Gasteiger partial charge in [-0.05, 0) is 18.6 Å². The Bertz CT molecular complexity index is 351. The first-order valence-electron chi connectivity index (χ1n) is 5.65. The minimum Gasteiger partial charge on any atom is -0.357 e. The van der Waals surface area contributed by atoms with E-state index in [1.807, 2.05) is 7.05 Å². The highest BCUT2D eigenvalue weighted by atomic mass is 32.2. The van der Waals surface area contributed by atoms with Crippen molar-refractivity contribution in [3.63, 3.8) is 0 Å². The lowest BCUT2D eigenvalue weighted by Crippen LogP contribution is -2.21. The predicted octanol–water partition coefficient (Wildman–Crippen LogP) is 1.63. The first kappa shape index (κ1) is 11.4. The standard InChI is InChI=1S/C10H17N5S/c1-3-16-10-13-8(11-2)12-9(14-10)15-6-4-5-7-15/h3-7H2,1-2H3,(H,11,12,13,14). The number of thioether (sulfide) groups is 1. The van der Waals surface area contributed by atoms with Gasteiger partial charge < -0.3 is 10.2 Å². The molecule has 1 aliphatic heterocycles. The summed E-state index contributed by atoms with van der Waals surface area (Å²) in [7, 11) is 1.84. The van der Waals surface area contributed by atoms with E-state index in [2.05, 4.69) is 32.1 Å². The summed E-state index contributed by atoms with van der Waals surface area (Å²) in [6.45, 7) is 4.22. The molecule has 6 heteroatoms. The van der Waals surface area contributed by atoms with Crippen molar-refractivity contribution in [1.82, 2.24) is 15.0 Å². The van der Waals surface area contributed by atoms with Crippen LogP contribution in [0, 0.1) is 0 Å². The third-order valence-corrected chi connectivity index (χ3v) is 3.22. The Morgan fingerprint density at radius 3 is 2.62 bits per heavy atom. The van der Waals surface area contributed by atoms with E-state index >= 15 is 0 Å². The fourth-order valence-corrected chi connectivity index (χ4v) is 2.27. The van der Waals surface area contributed by atoms with Gasteiger partial charge in [-0.1, -0.05) is 18.7 Å². The molecule has 16 heavy (non-hydrogen) atoms. The van der Waals surface area contributed by atoms with E-state index in [0.29, 0.717) is 5.95 Å². The van der Waals surface area contributed by atoms with E-state index in [1.54, 1.807) is 11.8 Å². The summed E-state index contributed by atoms with van der Waals surface area (Å²) >= 11 is 1.65. The number of nitrogens with zero attached hydrogens (tertiary/aromatic N) is 4. The Balaban J connectivity index is 2.24. The molecule has 1 aliphatic rings. The van der Waals surface area contributed by atoms with Gasteiger partial charge in [-0.2, -0.15) is 15.0 Å². The fraction of sp³-hybridized carbons (Fsp3) is 0.700. The van der Waals surface area contributed by atoms with E-state index in [9.17, 15) is 0 Å². The molecule has 5 nitrogen and oxygen atoms in total. The maximum Gasteiger partial charge on any atom is 0.231 e. The molecule has 2 rings (SSSR count). The molecule has 1 fully saturated rings. The van der Waals surface area contributed by atoms with Crippen molar-refractivity contribution in [3.05, 3.63) is 0 Å². The van der Waals surface area contributed by atoms with Gasteiger partial charge in [0.25, 0.3) is 0 Å². The van der Waals surface area contributed by atoms with Crippen molar-refractivity contribution in [1.29, 1.82) is 0 Å². The topological polar surface area (TPSA) is 53.9 Å².